The van der Waals surface area contributed by atoms with Crippen LogP contribution in [0.3, 0.4) is 0 Å². The maximum atomic E-state index is 12.3. The minimum Gasteiger partial charge on any atom is -0.336 e. The van der Waals surface area contributed by atoms with Crippen LogP contribution in [0.2, 0.25) is 0 Å². The van der Waals surface area contributed by atoms with Gasteiger partial charge in [-0.25, -0.2) is 4.98 Å². The van der Waals surface area contributed by atoms with Gasteiger partial charge >= 0.3 is 0 Å². The molecule has 1 N–H and O–H groups in total. The molecule has 0 saturated carbocycles. The SMILES string of the molecule is C#CC(CC)(CC)NC(=O)c1cnc2ccccn2c1=O. The number of nitrogens with one attached hydrogen (secondary N) is 1. The molecule has 2 heterocycles. The summed E-state index contributed by atoms with van der Waals surface area (Å²) in [6.45, 7) is 3.80. The summed E-state index contributed by atoms with van der Waals surface area (Å²) in [5, 5.41) is 2.77. The molecule has 0 unspecified atom stereocenters. The molecule has 5 heteroatoms. The number of carbonyl (C=O) groups excluding carboxylic acids is 1. The number of carbonyl (C=O) groups is 1. The van der Waals surface area contributed by atoms with Crippen molar-refractivity contribution in [3.8, 4) is 12.3 Å². The first kappa shape index (κ1) is 14.8. The van der Waals surface area contributed by atoms with Gasteiger partial charge in [-0.3, -0.25) is 14.0 Å². The summed E-state index contributed by atoms with van der Waals surface area (Å²) in [6.07, 6.45) is 9.57. The monoisotopic (exact) mass is 283 g/mol. The molecule has 108 valence electrons. The van der Waals surface area contributed by atoms with E-state index in [2.05, 4.69) is 16.2 Å². The second kappa shape index (κ2) is 5.80. The third-order valence-corrected chi connectivity index (χ3v) is 3.69. The van der Waals surface area contributed by atoms with Crippen LogP contribution >= 0.6 is 0 Å². The van der Waals surface area contributed by atoms with E-state index in [0.29, 0.717) is 18.5 Å². The highest BCUT2D eigenvalue weighted by molar-refractivity contribution is 5.94. The fourth-order valence-electron chi connectivity index (χ4n) is 2.13. The molecule has 2 aromatic heterocycles. The van der Waals surface area contributed by atoms with E-state index in [4.69, 9.17) is 6.42 Å². The molecular weight excluding hydrogens is 266 g/mol. The molecular formula is C16H17N3O2. The molecule has 2 rings (SSSR count). The van der Waals surface area contributed by atoms with Crippen molar-refractivity contribution in [1.82, 2.24) is 14.7 Å². The van der Waals surface area contributed by atoms with Crippen LogP contribution in [0.1, 0.15) is 37.0 Å². The summed E-state index contributed by atoms with van der Waals surface area (Å²) in [6, 6.07) is 5.19. The van der Waals surface area contributed by atoms with E-state index in [1.54, 1.807) is 24.4 Å². The van der Waals surface area contributed by atoms with Gasteiger partial charge < -0.3 is 5.32 Å². The summed E-state index contributed by atoms with van der Waals surface area (Å²) in [5.74, 6) is 2.12. The maximum Gasteiger partial charge on any atom is 0.270 e. The molecule has 0 aliphatic carbocycles. The van der Waals surface area contributed by atoms with Crippen LogP contribution in [0, 0.1) is 12.3 Å². The summed E-state index contributed by atoms with van der Waals surface area (Å²) < 4.78 is 1.34. The van der Waals surface area contributed by atoms with Crippen molar-refractivity contribution < 1.29 is 4.79 Å². The lowest BCUT2D eigenvalue weighted by molar-refractivity contribution is 0.0914. The number of amides is 1. The molecule has 0 saturated heterocycles. The van der Waals surface area contributed by atoms with E-state index in [-0.39, 0.29) is 5.56 Å². The number of hydrogen-bond donors (Lipinski definition) is 1. The highest BCUT2D eigenvalue weighted by Crippen LogP contribution is 2.14. The van der Waals surface area contributed by atoms with Gasteiger partial charge in [-0.05, 0) is 25.0 Å². The Bertz CT molecular complexity index is 767. The molecule has 0 atom stereocenters. The third-order valence-electron chi connectivity index (χ3n) is 3.69. The van der Waals surface area contributed by atoms with Crippen molar-refractivity contribution in [2.45, 2.75) is 32.2 Å². The van der Waals surface area contributed by atoms with E-state index in [0.717, 1.165) is 0 Å². The third kappa shape index (κ3) is 2.65. The Hall–Kier alpha value is -2.61. The van der Waals surface area contributed by atoms with Crippen LogP contribution in [0.4, 0.5) is 0 Å². The summed E-state index contributed by atoms with van der Waals surface area (Å²) >= 11 is 0. The van der Waals surface area contributed by atoms with Gasteiger partial charge in [-0.15, -0.1) is 6.42 Å². The second-order valence-electron chi connectivity index (χ2n) is 4.79. The van der Waals surface area contributed by atoms with Crippen LogP contribution in [0.15, 0.2) is 35.4 Å². The normalized spacial score (nSPS) is 11.1. The number of pyridine rings is 1. The molecule has 21 heavy (non-hydrogen) atoms. The molecule has 1 amide bonds. The van der Waals surface area contributed by atoms with Gasteiger partial charge in [0.05, 0.1) is 0 Å². The molecule has 2 aromatic rings. The minimum atomic E-state index is -0.736. The fraction of sp³-hybridized carbons (Fsp3) is 0.312. The zero-order chi connectivity index (χ0) is 15.5. The van der Waals surface area contributed by atoms with Gasteiger partial charge in [0, 0.05) is 12.4 Å². The molecule has 0 bridgehead atoms. The van der Waals surface area contributed by atoms with Gasteiger partial charge in [0.2, 0.25) is 0 Å². The number of nitrogens with zero attached hydrogens (tertiary/aromatic N) is 2. The zero-order valence-electron chi connectivity index (χ0n) is 12.1. The van der Waals surface area contributed by atoms with Gasteiger partial charge in [-0.2, -0.15) is 0 Å². The van der Waals surface area contributed by atoms with Crippen LogP contribution in [-0.2, 0) is 0 Å². The van der Waals surface area contributed by atoms with E-state index in [1.807, 2.05) is 13.8 Å². The van der Waals surface area contributed by atoms with Gasteiger partial charge in [0.1, 0.15) is 16.7 Å². The molecule has 0 spiro atoms. The number of rotatable bonds is 4. The Morgan fingerprint density at radius 1 is 1.43 bits per heavy atom. The second-order valence-corrected chi connectivity index (χ2v) is 4.79. The Labute approximate surface area is 123 Å². The Morgan fingerprint density at radius 3 is 2.76 bits per heavy atom. The lowest BCUT2D eigenvalue weighted by atomic mass is 9.93. The van der Waals surface area contributed by atoms with Crippen molar-refractivity contribution in [3.05, 3.63) is 46.5 Å². The minimum absolute atomic E-state index is 0.0137. The fourth-order valence-corrected chi connectivity index (χ4v) is 2.13. The summed E-state index contributed by atoms with van der Waals surface area (Å²) in [7, 11) is 0. The van der Waals surface area contributed by atoms with Crippen molar-refractivity contribution in [2.75, 3.05) is 0 Å². The quantitative estimate of drug-likeness (QED) is 0.867. The predicted octanol–water partition coefficient (Wildman–Crippen LogP) is 1.62. The number of fused-ring (bicyclic) bond motifs is 1. The number of aromatic nitrogens is 2. The van der Waals surface area contributed by atoms with Gasteiger partial charge in [0.25, 0.3) is 11.5 Å². The highest BCUT2D eigenvalue weighted by atomic mass is 16.2. The molecule has 0 radical (unpaired) electrons. The highest BCUT2D eigenvalue weighted by Gasteiger charge is 2.27. The lowest BCUT2D eigenvalue weighted by Gasteiger charge is -2.26. The van der Waals surface area contributed by atoms with Crippen LogP contribution < -0.4 is 10.9 Å². The predicted molar refractivity (Wildman–Crippen MR) is 81.1 cm³/mol. The topological polar surface area (TPSA) is 63.5 Å². The molecule has 0 aliphatic rings. The van der Waals surface area contributed by atoms with Crippen LogP contribution in [0.5, 0.6) is 0 Å². The maximum absolute atomic E-state index is 12.3. The molecule has 0 aliphatic heterocycles. The van der Waals surface area contributed by atoms with Crippen LogP contribution in [0.25, 0.3) is 5.65 Å². The average molecular weight is 283 g/mol. The van der Waals surface area contributed by atoms with Crippen molar-refractivity contribution >= 4 is 11.6 Å². The Balaban J connectivity index is 2.43. The molecule has 0 fully saturated rings. The number of hydrogen-bond acceptors (Lipinski definition) is 3. The van der Waals surface area contributed by atoms with Crippen molar-refractivity contribution in [3.63, 3.8) is 0 Å². The molecule has 5 nitrogen and oxygen atoms in total. The van der Waals surface area contributed by atoms with E-state index in [9.17, 15) is 9.59 Å². The average Bonchev–Trinajstić information content (AvgIpc) is 2.53. The van der Waals surface area contributed by atoms with E-state index in [1.165, 1.54) is 10.6 Å². The van der Waals surface area contributed by atoms with E-state index < -0.39 is 17.0 Å². The lowest BCUT2D eigenvalue weighted by Crippen LogP contribution is -2.48. The zero-order valence-corrected chi connectivity index (χ0v) is 12.1. The largest absolute Gasteiger partial charge is 0.336 e. The first-order valence-electron chi connectivity index (χ1n) is 6.83. The van der Waals surface area contributed by atoms with Gasteiger partial charge in [-0.1, -0.05) is 25.8 Å². The van der Waals surface area contributed by atoms with Crippen molar-refractivity contribution in [2.24, 2.45) is 0 Å². The summed E-state index contributed by atoms with van der Waals surface area (Å²) in [5.41, 5.74) is -0.662. The first-order chi connectivity index (χ1) is 10.1. The van der Waals surface area contributed by atoms with Gasteiger partial charge in [0.15, 0.2) is 0 Å². The van der Waals surface area contributed by atoms with E-state index >= 15 is 0 Å². The first-order valence-corrected chi connectivity index (χ1v) is 6.83. The smallest absolute Gasteiger partial charge is 0.270 e. The summed E-state index contributed by atoms with van der Waals surface area (Å²) in [4.78, 5) is 28.8. The standard InChI is InChI=1S/C16H17N3O2/c1-4-16(5-2,6-3)18-14(20)12-11-17-13-9-7-8-10-19(13)15(12)21/h1,7-11H,5-6H2,2-3H3,(H,18,20). The van der Waals surface area contributed by atoms with Crippen LogP contribution in [-0.4, -0.2) is 20.8 Å². The Morgan fingerprint density at radius 2 is 2.14 bits per heavy atom. The Kier molecular flexibility index (Phi) is 4.08. The molecule has 0 aromatic carbocycles. The van der Waals surface area contributed by atoms with Crippen molar-refractivity contribution in [1.29, 1.82) is 0 Å². The number of terminal acetylenes is 1.